The molecule has 0 saturated carbocycles. The van der Waals surface area contributed by atoms with Crippen molar-refractivity contribution in [2.75, 3.05) is 19.8 Å². The number of hydrogen-bond acceptors (Lipinski definition) is 2. The van der Waals surface area contributed by atoms with Gasteiger partial charge in [0.1, 0.15) is 0 Å². The van der Waals surface area contributed by atoms with Crippen LogP contribution in [0.3, 0.4) is 0 Å². The molecule has 0 spiro atoms. The van der Waals surface area contributed by atoms with E-state index in [4.69, 9.17) is 4.74 Å². The van der Waals surface area contributed by atoms with Gasteiger partial charge in [-0.05, 0) is 32.2 Å². The van der Waals surface area contributed by atoms with Crippen molar-refractivity contribution in [1.82, 2.24) is 5.32 Å². The maximum atomic E-state index is 5.50. The van der Waals surface area contributed by atoms with Gasteiger partial charge in [-0.2, -0.15) is 0 Å². The van der Waals surface area contributed by atoms with Gasteiger partial charge in [-0.15, -0.1) is 0 Å². The summed E-state index contributed by atoms with van der Waals surface area (Å²) in [5.41, 5.74) is 0. The summed E-state index contributed by atoms with van der Waals surface area (Å²) in [6, 6.07) is 0.632. The Morgan fingerprint density at radius 1 is 1.23 bits per heavy atom. The first-order valence-corrected chi connectivity index (χ1v) is 5.48. The van der Waals surface area contributed by atoms with Crippen molar-refractivity contribution in [3.8, 4) is 0 Å². The van der Waals surface area contributed by atoms with Gasteiger partial charge in [0.15, 0.2) is 0 Å². The fourth-order valence-corrected chi connectivity index (χ4v) is 1.26. The van der Waals surface area contributed by atoms with Crippen LogP contribution in [-0.4, -0.2) is 25.8 Å². The van der Waals surface area contributed by atoms with Crippen molar-refractivity contribution >= 4 is 0 Å². The van der Waals surface area contributed by atoms with Crippen molar-refractivity contribution in [3.63, 3.8) is 0 Å². The molecule has 0 aromatic heterocycles. The third kappa shape index (κ3) is 9.84. The molecule has 0 fully saturated rings. The first-order valence-electron chi connectivity index (χ1n) is 5.48. The zero-order chi connectivity index (χ0) is 10.1. The Labute approximate surface area is 83.1 Å². The van der Waals surface area contributed by atoms with E-state index in [0.717, 1.165) is 19.8 Å². The highest BCUT2D eigenvalue weighted by Crippen LogP contribution is 1.98. The Bertz CT molecular complexity index is 104. The van der Waals surface area contributed by atoms with Crippen LogP contribution in [0.15, 0.2) is 0 Å². The third-order valence-electron chi connectivity index (χ3n) is 1.93. The lowest BCUT2D eigenvalue weighted by molar-refractivity contribution is 0.105. The minimum absolute atomic E-state index is 0.632. The van der Waals surface area contributed by atoms with Crippen molar-refractivity contribution in [2.45, 2.75) is 46.6 Å². The first kappa shape index (κ1) is 12.9. The molecule has 0 amide bonds. The molecular weight excluding hydrogens is 162 g/mol. The second-order valence-electron chi connectivity index (χ2n) is 4.07. The van der Waals surface area contributed by atoms with Crippen LogP contribution >= 0.6 is 0 Å². The smallest absolute Gasteiger partial charge is 0.0488 e. The van der Waals surface area contributed by atoms with E-state index in [2.05, 4.69) is 33.0 Å². The summed E-state index contributed by atoms with van der Waals surface area (Å²) in [5.74, 6) is 0.659. The quantitative estimate of drug-likeness (QED) is 0.589. The fraction of sp³-hybridized carbons (Fsp3) is 1.00. The minimum Gasteiger partial charge on any atom is -0.381 e. The van der Waals surface area contributed by atoms with Crippen LogP contribution in [-0.2, 0) is 4.74 Å². The molecule has 1 N–H and O–H groups in total. The zero-order valence-electron chi connectivity index (χ0n) is 9.60. The van der Waals surface area contributed by atoms with Crippen LogP contribution in [0.2, 0.25) is 0 Å². The number of rotatable bonds is 8. The molecule has 0 aromatic rings. The second kappa shape index (κ2) is 8.52. The van der Waals surface area contributed by atoms with Crippen LogP contribution in [0.1, 0.15) is 40.5 Å². The predicted molar refractivity (Wildman–Crippen MR) is 58.0 cm³/mol. The molecule has 0 aliphatic heterocycles. The monoisotopic (exact) mass is 187 g/mol. The van der Waals surface area contributed by atoms with Crippen molar-refractivity contribution in [1.29, 1.82) is 0 Å². The average molecular weight is 187 g/mol. The molecule has 1 atom stereocenters. The number of ether oxygens (including phenoxy) is 1. The third-order valence-corrected chi connectivity index (χ3v) is 1.93. The summed E-state index contributed by atoms with van der Waals surface area (Å²) in [6.45, 7) is 11.6. The molecule has 13 heavy (non-hydrogen) atoms. The maximum absolute atomic E-state index is 5.50. The van der Waals surface area contributed by atoms with Crippen LogP contribution in [0.5, 0.6) is 0 Å². The molecule has 2 nitrogen and oxygen atoms in total. The lowest BCUT2D eigenvalue weighted by atomic mass is 10.2. The summed E-state index contributed by atoms with van der Waals surface area (Å²) in [6.07, 6.45) is 2.38. The summed E-state index contributed by atoms with van der Waals surface area (Å²) in [4.78, 5) is 0. The van der Waals surface area contributed by atoms with E-state index in [0.29, 0.717) is 12.0 Å². The molecule has 80 valence electrons. The molecule has 0 aromatic carbocycles. The van der Waals surface area contributed by atoms with Crippen LogP contribution in [0.4, 0.5) is 0 Å². The molecule has 0 aliphatic rings. The van der Waals surface area contributed by atoms with Gasteiger partial charge >= 0.3 is 0 Å². The Balaban J connectivity index is 3.06. The summed E-state index contributed by atoms with van der Waals surface area (Å²) in [5, 5.41) is 3.39. The van der Waals surface area contributed by atoms with Crippen LogP contribution < -0.4 is 5.32 Å². The molecular formula is C11H25NO. The Hall–Kier alpha value is -0.0800. The van der Waals surface area contributed by atoms with E-state index in [9.17, 15) is 0 Å². The SMILES string of the molecule is CCNC(C)CCCOCC(C)C. The second-order valence-corrected chi connectivity index (χ2v) is 4.07. The maximum Gasteiger partial charge on any atom is 0.0488 e. The molecule has 1 unspecified atom stereocenters. The lowest BCUT2D eigenvalue weighted by Gasteiger charge is -2.12. The summed E-state index contributed by atoms with van der Waals surface area (Å²) < 4.78 is 5.50. The molecule has 0 aliphatic carbocycles. The van der Waals surface area contributed by atoms with Crippen LogP contribution in [0.25, 0.3) is 0 Å². The van der Waals surface area contributed by atoms with Crippen molar-refractivity contribution in [2.24, 2.45) is 5.92 Å². The highest BCUT2D eigenvalue weighted by Gasteiger charge is 1.99. The highest BCUT2D eigenvalue weighted by atomic mass is 16.5. The fourth-order valence-electron chi connectivity index (χ4n) is 1.26. The van der Waals surface area contributed by atoms with E-state index in [1.54, 1.807) is 0 Å². The summed E-state index contributed by atoms with van der Waals surface area (Å²) in [7, 11) is 0. The van der Waals surface area contributed by atoms with E-state index in [-0.39, 0.29) is 0 Å². The molecule has 0 rings (SSSR count). The Morgan fingerprint density at radius 2 is 1.92 bits per heavy atom. The predicted octanol–water partition coefficient (Wildman–Crippen LogP) is 2.44. The van der Waals surface area contributed by atoms with Gasteiger partial charge in [0.2, 0.25) is 0 Å². The normalized spacial score (nSPS) is 13.6. The topological polar surface area (TPSA) is 21.3 Å². The number of hydrogen-bond donors (Lipinski definition) is 1. The standard InChI is InChI=1S/C11H25NO/c1-5-12-11(4)7-6-8-13-9-10(2)3/h10-12H,5-9H2,1-4H3. The van der Waals surface area contributed by atoms with Gasteiger partial charge in [0.25, 0.3) is 0 Å². The van der Waals surface area contributed by atoms with Crippen LogP contribution in [0, 0.1) is 5.92 Å². The van der Waals surface area contributed by atoms with Gasteiger partial charge in [-0.25, -0.2) is 0 Å². The molecule has 0 saturated heterocycles. The van der Waals surface area contributed by atoms with E-state index in [1.807, 2.05) is 0 Å². The molecule has 0 radical (unpaired) electrons. The van der Waals surface area contributed by atoms with E-state index >= 15 is 0 Å². The van der Waals surface area contributed by atoms with E-state index < -0.39 is 0 Å². The van der Waals surface area contributed by atoms with Crippen molar-refractivity contribution in [3.05, 3.63) is 0 Å². The molecule has 2 heteroatoms. The molecule has 0 heterocycles. The van der Waals surface area contributed by atoms with Crippen molar-refractivity contribution < 1.29 is 4.74 Å². The first-order chi connectivity index (χ1) is 6.16. The van der Waals surface area contributed by atoms with E-state index in [1.165, 1.54) is 12.8 Å². The van der Waals surface area contributed by atoms with Gasteiger partial charge in [0, 0.05) is 19.3 Å². The number of nitrogens with one attached hydrogen (secondary N) is 1. The minimum atomic E-state index is 0.632. The Morgan fingerprint density at radius 3 is 2.46 bits per heavy atom. The van der Waals surface area contributed by atoms with Gasteiger partial charge in [0.05, 0.1) is 0 Å². The van der Waals surface area contributed by atoms with Gasteiger partial charge in [-0.1, -0.05) is 20.8 Å². The summed E-state index contributed by atoms with van der Waals surface area (Å²) >= 11 is 0. The van der Waals surface area contributed by atoms with Gasteiger partial charge in [-0.3, -0.25) is 0 Å². The average Bonchev–Trinajstić information content (AvgIpc) is 2.03. The highest BCUT2D eigenvalue weighted by molar-refractivity contribution is 4.58. The molecule has 0 bridgehead atoms. The van der Waals surface area contributed by atoms with Gasteiger partial charge < -0.3 is 10.1 Å². The lowest BCUT2D eigenvalue weighted by Crippen LogP contribution is -2.25. The zero-order valence-corrected chi connectivity index (χ0v) is 9.60. The largest absolute Gasteiger partial charge is 0.381 e. The Kier molecular flexibility index (Phi) is 8.46.